The Morgan fingerprint density at radius 1 is 1.41 bits per heavy atom. The number of nitrogens with zero attached hydrogens (tertiary/aromatic N) is 1. The van der Waals surface area contributed by atoms with Crippen LogP contribution < -0.4 is 0 Å². The van der Waals surface area contributed by atoms with Gasteiger partial charge in [0, 0.05) is 6.54 Å². The normalized spacial score (nSPS) is 12.4. The second-order valence-electron chi connectivity index (χ2n) is 4.74. The minimum atomic E-state index is -3.25. The molecule has 0 rings (SSSR count). The molecular formula is C11H19NO4S. The number of aliphatic carboxylic acids is 1. The van der Waals surface area contributed by atoms with Crippen LogP contribution in [0.15, 0.2) is 0 Å². The van der Waals surface area contributed by atoms with Crippen molar-refractivity contribution >= 4 is 15.8 Å². The summed E-state index contributed by atoms with van der Waals surface area (Å²) in [5, 5.41) is 8.64. The second kappa shape index (κ2) is 6.03. The van der Waals surface area contributed by atoms with Crippen molar-refractivity contribution in [3.8, 4) is 12.3 Å². The third kappa shape index (κ3) is 5.71. The average Bonchev–Trinajstić information content (AvgIpc) is 2.12. The van der Waals surface area contributed by atoms with Crippen molar-refractivity contribution in [1.29, 1.82) is 0 Å². The van der Waals surface area contributed by atoms with E-state index in [1.165, 1.54) is 4.90 Å². The van der Waals surface area contributed by atoms with Crippen LogP contribution in [-0.4, -0.2) is 54.5 Å². The smallest absolute Gasteiger partial charge is 0.317 e. The third-order valence-corrected chi connectivity index (χ3v) is 4.87. The van der Waals surface area contributed by atoms with Crippen LogP contribution in [0.1, 0.15) is 20.8 Å². The van der Waals surface area contributed by atoms with Gasteiger partial charge < -0.3 is 5.11 Å². The average molecular weight is 261 g/mol. The number of carboxylic acids is 1. The SMILES string of the molecule is C#CCN(CCS(=O)(=O)C(C)(C)C)CC(=O)O. The Balaban J connectivity index is 4.52. The van der Waals surface area contributed by atoms with Gasteiger partial charge in [-0.05, 0) is 20.8 Å². The highest BCUT2D eigenvalue weighted by atomic mass is 32.2. The molecule has 0 aromatic carbocycles. The Morgan fingerprint density at radius 2 is 1.94 bits per heavy atom. The lowest BCUT2D eigenvalue weighted by Gasteiger charge is -2.22. The maximum atomic E-state index is 11.8. The van der Waals surface area contributed by atoms with Crippen LogP contribution in [0.2, 0.25) is 0 Å². The Morgan fingerprint density at radius 3 is 2.29 bits per heavy atom. The van der Waals surface area contributed by atoms with Gasteiger partial charge in [-0.3, -0.25) is 9.69 Å². The van der Waals surface area contributed by atoms with Gasteiger partial charge >= 0.3 is 5.97 Å². The lowest BCUT2D eigenvalue weighted by atomic mass is 10.3. The standard InChI is InChI=1S/C11H19NO4S/c1-5-6-12(9-10(13)14)7-8-17(15,16)11(2,3)4/h1H,6-9H2,2-4H3,(H,13,14). The summed E-state index contributed by atoms with van der Waals surface area (Å²) in [6.45, 7) is 4.87. The molecule has 98 valence electrons. The predicted octanol–water partition coefficient (Wildman–Crippen LogP) is 0.220. The van der Waals surface area contributed by atoms with Gasteiger partial charge in [-0.2, -0.15) is 0 Å². The molecular weight excluding hydrogens is 242 g/mol. The number of sulfone groups is 1. The molecule has 0 aliphatic rings. The Labute approximate surface area is 103 Å². The van der Waals surface area contributed by atoms with E-state index in [1.807, 2.05) is 0 Å². The molecule has 0 unspecified atom stereocenters. The van der Waals surface area contributed by atoms with Gasteiger partial charge in [-0.25, -0.2) is 8.42 Å². The van der Waals surface area contributed by atoms with Crippen molar-refractivity contribution in [3.63, 3.8) is 0 Å². The van der Waals surface area contributed by atoms with E-state index in [4.69, 9.17) is 11.5 Å². The van der Waals surface area contributed by atoms with Crippen molar-refractivity contribution in [1.82, 2.24) is 4.90 Å². The minimum absolute atomic E-state index is 0.0918. The molecule has 0 aliphatic heterocycles. The predicted molar refractivity (Wildman–Crippen MR) is 66.4 cm³/mol. The van der Waals surface area contributed by atoms with Crippen LogP contribution in [-0.2, 0) is 14.6 Å². The highest BCUT2D eigenvalue weighted by Gasteiger charge is 2.29. The summed E-state index contributed by atoms with van der Waals surface area (Å²) in [6, 6.07) is 0. The van der Waals surface area contributed by atoms with Crippen LogP contribution in [0.25, 0.3) is 0 Å². The lowest BCUT2D eigenvalue weighted by Crippen LogP contribution is -2.38. The van der Waals surface area contributed by atoms with Crippen LogP contribution in [0.4, 0.5) is 0 Å². The quantitative estimate of drug-likeness (QED) is 0.692. The van der Waals surface area contributed by atoms with Gasteiger partial charge in [0.05, 0.1) is 23.6 Å². The Bertz CT molecular complexity index is 400. The largest absolute Gasteiger partial charge is 0.480 e. The molecule has 0 aromatic heterocycles. The monoisotopic (exact) mass is 261 g/mol. The van der Waals surface area contributed by atoms with E-state index >= 15 is 0 Å². The number of hydrogen-bond acceptors (Lipinski definition) is 4. The van der Waals surface area contributed by atoms with Crippen molar-refractivity contribution in [2.75, 3.05) is 25.4 Å². The van der Waals surface area contributed by atoms with Crippen molar-refractivity contribution in [3.05, 3.63) is 0 Å². The number of carboxylic acid groups (broad SMARTS) is 1. The molecule has 0 saturated carbocycles. The highest BCUT2D eigenvalue weighted by molar-refractivity contribution is 7.92. The van der Waals surface area contributed by atoms with Gasteiger partial charge in [-0.1, -0.05) is 5.92 Å². The number of rotatable bonds is 6. The molecule has 0 amide bonds. The summed E-state index contributed by atoms with van der Waals surface area (Å²) >= 11 is 0. The molecule has 0 saturated heterocycles. The zero-order valence-electron chi connectivity index (χ0n) is 10.4. The van der Waals surface area contributed by atoms with E-state index in [-0.39, 0.29) is 25.4 Å². The van der Waals surface area contributed by atoms with E-state index in [0.29, 0.717) is 0 Å². The van der Waals surface area contributed by atoms with Gasteiger partial charge in [0.25, 0.3) is 0 Å². The molecule has 0 aromatic rings. The van der Waals surface area contributed by atoms with Crippen molar-refractivity contribution < 1.29 is 18.3 Å². The summed E-state index contributed by atoms with van der Waals surface area (Å²) in [5.74, 6) is 1.20. The summed E-state index contributed by atoms with van der Waals surface area (Å²) in [7, 11) is -3.25. The Hall–Kier alpha value is -1.06. The fraction of sp³-hybridized carbons (Fsp3) is 0.727. The van der Waals surface area contributed by atoms with Crippen molar-refractivity contribution in [2.24, 2.45) is 0 Å². The minimum Gasteiger partial charge on any atom is -0.480 e. The van der Waals surface area contributed by atoms with Crippen LogP contribution in [0, 0.1) is 12.3 Å². The molecule has 1 N–H and O–H groups in total. The first kappa shape index (κ1) is 15.9. The fourth-order valence-electron chi connectivity index (χ4n) is 1.09. The third-order valence-electron chi connectivity index (χ3n) is 2.28. The number of carbonyl (C=O) groups is 1. The maximum absolute atomic E-state index is 11.8. The topological polar surface area (TPSA) is 74.7 Å². The first-order valence-electron chi connectivity index (χ1n) is 5.20. The van der Waals surface area contributed by atoms with E-state index in [2.05, 4.69) is 5.92 Å². The summed E-state index contributed by atoms with van der Waals surface area (Å²) in [5.41, 5.74) is 0. The Kier molecular flexibility index (Phi) is 5.66. The van der Waals surface area contributed by atoms with Crippen LogP contribution in [0.3, 0.4) is 0 Å². The zero-order valence-corrected chi connectivity index (χ0v) is 11.2. The molecule has 0 aliphatic carbocycles. The molecule has 0 atom stereocenters. The van der Waals surface area contributed by atoms with Gasteiger partial charge in [0.15, 0.2) is 9.84 Å². The molecule has 0 radical (unpaired) electrons. The zero-order chi connectivity index (χ0) is 13.7. The molecule has 0 fully saturated rings. The van der Waals surface area contributed by atoms with E-state index < -0.39 is 20.6 Å². The summed E-state index contributed by atoms with van der Waals surface area (Å²) in [4.78, 5) is 12.0. The van der Waals surface area contributed by atoms with Gasteiger partial charge in [-0.15, -0.1) is 6.42 Å². The molecule has 17 heavy (non-hydrogen) atoms. The highest BCUT2D eigenvalue weighted by Crippen LogP contribution is 2.15. The van der Waals surface area contributed by atoms with Crippen molar-refractivity contribution in [2.45, 2.75) is 25.5 Å². The van der Waals surface area contributed by atoms with Crippen LogP contribution in [0.5, 0.6) is 0 Å². The van der Waals surface area contributed by atoms with Crippen LogP contribution >= 0.6 is 0 Å². The first-order chi connectivity index (χ1) is 7.60. The first-order valence-corrected chi connectivity index (χ1v) is 6.85. The molecule has 5 nitrogen and oxygen atoms in total. The van der Waals surface area contributed by atoms with E-state index in [0.717, 1.165) is 0 Å². The lowest BCUT2D eigenvalue weighted by molar-refractivity contribution is -0.138. The van der Waals surface area contributed by atoms with E-state index in [1.54, 1.807) is 20.8 Å². The molecule has 0 heterocycles. The fourth-order valence-corrected chi connectivity index (χ4v) is 2.20. The molecule has 6 heteroatoms. The maximum Gasteiger partial charge on any atom is 0.317 e. The van der Waals surface area contributed by atoms with Gasteiger partial charge in [0.1, 0.15) is 0 Å². The van der Waals surface area contributed by atoms with Gasteiger partial charge in [0.2, 0.25) is 0 Å². The summed E-state index contributed by atoms with van der Waals surface area (Å²) in [6.07, 6.45) is 5.10. The molecule has 0 bridgehead atoms. The number of hydrogen-bond donors (Lipinski definition) is 1. The molecule has 0 spiro atoms. The number of terminal acetylenes is 1. The summed E-state index contributed by atoms with van der Waals surface area (Å²) < 4.78 is 22.8. The second-order valence-corrected chi connectivity index (χ2v) is 7.60. The van der Waals surface area contributed by atoms with E-state index in [9.17, 15) is 13.2 Å².